The molecule has 1 aromatic heterocycles. The van der Waals surface area contributed by atoms with E-state index in [1.54, 1.807) is 12.1 Å². The number of H-pyrrole nitrogens is 1. The zero-order valence-corrected chi connectivity index (χ0v) is 15.0. The van der Waals surface area contributed by atoms with Crippen LogP contribution in [0.5, 0.6) is 0 Å². The zero-order chi connectivity index (χ0) is 17.2. The largest absolute Gasteiger partial charge is 0.366 e. The van der Waals surface area contributed by atoms with Crippen LogP contribution in [-0.4, -0.2) is 37.2 Å². The Morgan fingerprint density at radius 1 is 1.30 bits per heavy atom. The number of fused-ring (bicyclic) bond motifs is 1. The van der Waals surface area contributed by atoms with Gasteiger partial charge in [-0.1, -0.05) is 22.0 Å². The molecule has 0 spiro atoms. The van der Waals surface area contributed by atoms with Crippen LogP contribution in [0.15, 0.2) is 22.7 Å². The highest BCUT2D eigenvalue weighted by Crippen LogP contribution is 2.50. The predicted octanol–water partition coefficient (Wildman–Crippen LogP) is 3.03. The van der Waals surface area contributed by atoms with E-state index < -0.39 is 17.0 Å². The summed E-state index contributed by atoms with van der Waals surface area (Å²) in [6.07, 6.45) is 0. The Morgan fingerprint density at radius 3 is 2.48 bits per heavy atom. The number of primary amides is 1. The number of hydrogen-bond donors (Lipinski definition) is 3. The number of nitrogens with one attached hydrogen (secondary N) is 1. The minimum absolute atomic E-state index is 0.373. The highest BCUT2D eigenvalue weighted by Gasteiger charge is 2.51. The van der Waals surface area contributed by atoms with Crippen molar-refractivity contribution >= 4 is 38.4 Å². The minimum atomic E-state index is -0.650. The topological polar surface area (TPSA) is 95.2 Å². The van der Waals surface area contributed by atoms with Gasteiger partial charge < -0.3 is 15.9 Å². The lowest BCUT2D eigenvalue weighted by molar-refractivity contribution is -0.181. The average Bonchev–Trinajstić information content (AvgIpc) is 2.92. The number of amides is 1. The van der Waals surface area contributed by atoms with E-state index >= 15 is 0 Å². The molecule has 1 aliphatic heterocycles. The van der Waals surface area contributed by atoms with E-state index in [9.17, 15) is 10.0 Å². The van der Waals surface area contributed by atoms with E-state index in [1.165, 1.54) is 5.06 Å². The number of carbonyl (C=O) groups excluding carboxylic acids is 1. The van der Waals surface area contributed by atoms with Gasteiger partial charge in [0.15, 0.2) is 0 Å². The Labute approximate surface area is 142 Å². The molecule has 7 heteroatoms. The van der Waals surface area contributed by atoms with Crippen LogP contribution in [0.25, 0.3) is 16.6 Å². The Hall–Kier alpha value is -1.70. The van der Waals surface area contributed by atoms with Gasteiger partial charge >= 0.3 is 0 Å². The van der Waals surface area contributed by atoms with Crippen molar-refractivity contribution in [2.24, 2.45) is 5.73 Å². The Bertz CT molecular complexity index is 851. The van der Waals surface area contributed by atoms with Gasteiger partial charge in [0.05, 0.1) is 22.2 Å². The first-order valence-corrected chi connectivity index (χ1v) is 8.06. The van der Waals surface area contributed by atoms with Crippen LogP contribution in [0.4, 0.5) is 0 Å². The lowest BCUT2D eigenvalue weighted by atomic mass is 9.96. The number of hydrogen-bond acceptors (Lipinski definition) is 4. The molecule has 3 rings (SSSR count). The first-order chi connectivity index (χ1) is 10.6. The summed E-state index contributed by atoms with van der Waals surface area (Å²) in [6, 6.07) is 5.26. The number of aromatic nitrogens is 2. The van der Waals surface area contributed by atoms with Gasteiger partial charge in [-0.05, 0) is 39.8 Å². The molecule has 4 N–H and O–H groups in total. The van der Waals surface area contributed by atoms with Crippen LogP contribution in [-0.2, 0) is 0 Å². The van der Waals surface area contributed by atoms with E-state index in [0.717, 1.165) is 15.6 Å². The van der Waals surface area contributed by atoms with Gasteiger partial charge in [-0.25, -0.2) is 4.98 Å². The third kappa shape index (κ3) is 2.14. The van der Waals surface area contributed by atoms with Crippen LogP contribution >= 0.6 is 15.9 Å². The Morgan fingerprint density at radius 2 is 1.96 bits per heavy atom. The van der Waals surface area contributed by atoms with E-state index in [1.807, 2.05) is 33.8 Å². The van der Waals surface area contributed by atoms with Crippen LogP contribution in [0.2, 0.25) is 0 Å². The van der Waals surface area contributed by atoms with Crippen molar-refractivity contribution in [3.8, 4) is 0 Å². The number of benzene rings is 1. The van der Waals surface area contributed by atoms with E-state index in [4.69, 9.17) is 5.73 Å². The number of halogens is 1. The third-order valence-corrected chi connectivity index (χ3v) is 5.81. The summed E-state index contributed by atoms with van der Waals surface area (Å²) in [4.78, 5) is 19.4. The van der Waals surface area contributed by atoms with Crippen molar-refractivity contribution in [3.63, 3.8) is 0 Å². The van der Waals surface area contributed by atoms with Crippen molar-refractivity contribution in [3.05, 3.63) is 34.1 Å². The van der Waals surface area contributed by atoms with Gasteiger partial charge in [0, 0.05) is 10.1 Å². The molecule has 0 aliphatic carbocycles. The van der Waals surface area contributed by atoms with Crippen LogP contribution in [0.3, 0.4) is 0 Å². The molecule has 2 aromatic rings. The van der Waals surface area contributed by atoms with E-state index in [0.29, 0.717) is 16.9 Å². The quantitative estimate of drug-likeness (QED) is 0.748. The van der Waals surface area contributed by atoms with Gasteiger partial charge in [-0.2, -0.15) is 5.06 Å². The first kappa shape index (κ1) is 16.2. The standard InChI is InChI=1S/C16H19BrN4O2/c1-15(2)10(12(17)16(3,4)21(15)23)14-19-9-7-5-6-8(13(18)22)11(9)20-14/h5-7,23H,1-4H3,(H2,18,22)(H,19,20). The summed E-state index contributed by atoms with van der Waals surface area (Å²) in [6.45, 7) is 7.67. The second kappa shape index (κ2) is 4.90. The van der Waals surface area contributed by atoms with Crippen molar-refractivity contribution in [2.75, 3.05) is 0 Å². The smallest absolute Gasteiger partial charge is 0.250 e. The lowest BCUT2D eigenvalue weighted by Gasteiger charge is -2.36. The van der Waals surface area contributed by atoms with Gasteiger partial charge in [-0.15, -0.1) is 0 Å². The fraction of sp³-hybridized carbons (Fsp3) is 0.375. The van der Waals surface area contributed by atoms with Crippen molar-refractivity contribution in [1.29, 1.82) is 0 Å². The number of rotatable bonds is 2. The van der Waals surface area contributed by atoms with Gasteiger partial charge in [0.2, 0.25) is 0 Å². The fourth-order valence-electron chi connectivity index (χ4n) is 3.22. The third-order valence-electron chi connectivity index (χ3n) is 4.44. The molecule has 0 unspecified atom stereocenters. The molecular formula is C16H19BrN4O2. The molecule has 0 atom stereocenters. The van der Waals surface area contributed by atoms with Crippen molar-refractivity contribution in [1.82, 2.24) is 15.0 Å². The van der Waals surface area contributed by atoms with E-state index in [-0.39, 0.29) is 0 Å². The highest BCUT2D eigenvalue weighted by molar-refractivity contribution is 9.12. The number of imidazole rings is 1. The predicted molar refractivity (Wildman–Crippen MR) is 92.2 cm³/mol. The number of nitrogens with two attached hydrogens (primary N) is 1. The summed E-state index contributed by atoms with van der Waals surface area (Å²) in [5.74, 6) is 0.0895. The molecule has 122 valence electrons. The molecule has 6 nitrogen and oxygen atoms in total. The first-order valence-electron chi connectivity index (χ1n) is 7.27. The highest BCUT2D eigenvalue weighted by atomic mass is 79.9. The Kier molecular flexibility index (Phi) is 3.44. The molecule has 23 heavy (non-hydrogen) atoms. The summed E-state index contributed by atoms with van der Waals surface area (Å²) in [5, 5.41) is 11.9. The summed E-state index contributed by atoms with van der Waals surface area (Å²) in [7, 11) is 0. The van der Waals surface area contributed by atoms with Crippen molar-refractivity contribution in [2.45, 2.75) is 38.8 Å². The molecular weight excluding hydrogens is 360 g/mol. The molecule has 1 amide bonds. The molecule has 0 bridgehead atoms. The van der Waals surface area contributed by atoms with Crippen LogP contribution in [0.1, 0.15) is 43.9 Å². The summed E-state index contributed by atoms with van der Waals surface area (Å²) >= 11 is 3.61. The summed E-state index contributed by atoms with van der Waals surface area (Å²) < 4.78 is 0.845. The van der Waals surface area contributed by atoms with Gasteiger partial charge in [0.1, 0.15) is 11.3 Å². The van der Waals surface area contributed by atoms with Crippen molar-refractivity contribution < 1.29 is 10.0 Å². The number of aromatic amines is 1. The van der Waals surface area contributed by atoms with Gasteiger partial charge in [-0.3, -0.25) is 4.79 Å². The maximum absolute atomic E-state index is 11.6. The molecule has 0 fully saturated rings. The second-order valence-corrected chi connectivity index (χ2v) is 7.56. The zero-order valence-electron chi connectivity index (χ0n) is 13.4. The maximum Gasteiger partial charge on any atom is 0.250 e. The molecule has 0 radical (unpaired) electrons. The fourth-order valence-corrected chi connectivity index (χ4v) is 4.06. The SMILES string of the molecule is CC1(C)C(Br)=C(c2nc3c(C(N)=O)cccc3[nH]2)C(C)(C)N1O. The number of hydroxylamine groups is 2. The lowest BCUT2D eigenvalue weighted by Crippen LogP contribution is -2.48. The number of carbonyl (C=O) groups is 1. The van der Waals surface area contributed by atoms with Crippen LogP contribution in [0, 0.1) is 0 Å². The summed E-state index contributed by atoms with van der Waals surface area (Å²) in [5.41, 5.74) is 6.68. The molecule has 0 saturated carbocycles. The number of nitrogens with zero attached hydrogens (tertiary/aromatic N) is 2. The molecule has 2 heterocycles. The maximum atomic E-state index is 11.6. The molecule has 1 aromatic carbocycles. The average molecular weight is 379 g/mol. The minimum Gasteiger partial charge on any atom is -0.366 e. The van der Waals surface area contributed by atoms with Gasteiger partial charge in [0.25, 0.3) is 5.91 Å². The monoisotopic (exact) mass is 378 g/mol. The molecule has 0 saturated heterocycles. The van der Waals surface area contributed by atoms with E-state index in [2.05, 4.69) is 25.9 Å². The van der Waals surface area contributed by atoms with Crippen LogP contribution < -0.4 is 5.73 Å². The second-order valence-electron chi connectivity index (χ2n) is 6.77. The Balaban J connectivity index is 2.27. The number of para-hydroxylation sites is 1. The molecule has 1 aliphatic rings. The normalized spacial score (nSPS) is 20.4.